The molecule has 2 heterocycles. The number of benzene rings is 2. The Morgan fingerprint density at radius 1 is 0.975 bits per heavy atom. The molecule has 6 rings (SSSR count). The van der Waals surface area contributed by atoms with Gasteiger partial charge in [0.05, 0.1) is 11.6 Å². The van der Waals surface area contributed by atoms with E-state index in [4.69, 9.17) is 4.74 Å². The Hall–Kier alpha value is -3.58. The predicted molar refractivity (Wildman–Crippen MR) is 139 cm³/mol. The van der Waals surface area contributed by atoms with Crippen LogP contribution in [0.25, 0.3) is 0 Å². The first-order chi connectivity index (χ1) is 19.3. The van der Waals surface area contributed by atoms with Crippen molar-refractivity contribution in [2.45, 2.75) is 75.1 Å². The van der Waals surface area contributed by atoms with Crippen LogP contribution >= 0.6 is 0 Å². The van der Waals surface area contributed by atoms with Gasteiger partial charge in [-0.2, -0.15) is 5.26 Å². The third-order valence-corrected chi connectivity index (χ3v) is 8.95. The number of cyclic esters (lactones) is 1. The molecule has 2 saturated carbocycles. The second-order valence-electron chi connectivity index (χ2n) is 11.5. The third-order valence-electron chi connectivity index (χ3n) is 8.95. The number of imide groups is 1. The summed E-state index contributed by atoms with van der Waals surface area (Å²) in [4.78, 5) is 29.6. The Labute approximate surface area is 230 Å². The number of ether oxygens (including phenoxy) is 1. The molecular formula is C30H31F3N4O3. The highest BCUT2D eigenvalue weighted by molar-refractivity contribution is 5.93. The van der Waals surface area contributed by atoms with Crippen molar-refractivity contribution in [3.63, 3.8) is 0 Å². The van der Waals surface area contributed by atoms with Gasteiger partial charge in [0.1, 0.15) is 18.0 Å². The number of rotatable bonds is 5. The topological polar surface area (TPSA) is 85.7 Å². The molecule has 1 N–H and O–H groups in total. The van der Waals surface area contributed by atoms with Crippen molar-refractivity contribution in [1.29, 1.82) is 5.26 Å². The van der Waals surface area contributed by atoms with Crippen LogP contribution in [0.1, 0.15) is 73.6 Å². The Morgan fingerprint density at radius 3 is 2.45 bits per heavy atom. The molecule has 3 amide bonds. The minimum absolute atomic E-state index is 0.0936. The number of carbonyl (C=O) groups is 2. The Bertz CT molecular complexity index is 1350. The number of hydrogen-bond donors (Lipinski definition) is 1. The van der Waals surface area contributed by atoms with E-state index in [-0.39, 0.29) is 17.9 Å². The molecule has 3 atom stereocenters. The lowest BCUT2D eigenvalue weighted by Gasteiger charge is -2.35. The van der Waals surface area contributed by atoms with E-state index < -0.39 is 41.7 Å². The molecule has 2 aromatic rings. The summed E-state index contributed by atoms with van der Waals surface area (Å²) >= 11 is 0. The molecule has 2 aliphatic heterocycles. The van der Waals surface area contributed by atoms with E-state index >= 15 is 0 Å². The lowest BCUT2D eigenvalue weighted by molar-refractivity contribution is 0.118. The highest BCUT2D eigenvalue weighted by Gasteiger charge is 2.52. The SMILES string of the molecule is N#Cc1cc(F)ccc1C1CCC(N2CC[C@@H](NC(=O)N3C(=O)O[C@@H](C4CC4)C3c3ccc(F)c(F)c3)C2)CC1. The first-order valence-electron chi connectivity index (χ1n) is 14.0. The molecule has 4 fully saturated rings. The molecule has 2 saturated heterocycles. The van der Waals surface area contributed by atoms with Crippen molar-refractivity contribution < 1.29 is 27.5 Å². The standard InChI is InChI=1S/C30H31F3N4O3/c31-21-6-9-24(20(13-21)15-34)17-3-7-23(8-4-17)36-12-11-22(16-36)35-29(38)37-27(19-5-10-25(32)26(33)14-19)28(18-1-2-18)40-30(37)39/h5-6,9-10,13-14,17-18,22-23,27-28H,1-4,7-8,11-12,16H2,(H,35,38)/t17?,22-,23?,27?,28+/m1/s1. The fourth-order valence-electron chi connectivity index (χ4n) is 6.74. The third kappa shape index (κ3) is 5.15. The highest BCUT2D eigenvalue weighted by atomic mass is 19.2. The number of carbonyl (C=O) groups excluding carboxylic acids is 2. The molecule has 0 radical (unpaired) electrons. The van der Waals surface area contributed by atoms with E-state index in [1.807, 2.05) is 0 Å². The summed E-state index contributed by atoms with van der Waals surface area (Å²) in [6.45, 7) is 1.45. The second-order valence-corrected chi connectivity index (χ2v) is 11.5. The van der Waals surface area contributed by atoms with E-state index in [1.54, 1.807) is 6.07 Å². The van der Waals surface area contributed by atoms with Crippen LogP contribution in [0.2, 0.25) is 0 Å². The van der Waals surface area contributed by atoms with Crippen molar-refractivity contribution in [1.82, 2.24) is 15.1 Å². The fraction of sp³-hybridized carbons (Fsp3) is 0.500. The molecule has 0 aromatic heterocycles. The van der Waals surface area contributed by atoms with E-state index in [0.29, 0.717) is 23.7 Å². The predicted octanol–water partition coefficient (Wildman–Crippen LogP) is 5.76. The first-order valence-corrected chi connectivity index (χ1v) is 14.0. The van der Waals surface area contributed by atoms with E-state index in [0.717, 1.165) is 74.1 Å². The number of urea groups is 1. The Kier molecular flexibility index (Phi) is 7.17. The van der Waals surface area contributed by atoms with Crippen LogP contribution in [0, 0.1) is 34.7 Å². The number of halogens is 3. The number of nitrogens with zero attached hydrogens (tertiary/aromatic N) is 3. The lowest BCUT2D eigenvalue weighted by atomic mass is 9.80. The number of hydrogen-bond acceptors (Lipinski definition) is 5. The van der Waals surface area contributed by atoms with Gasteiger partial charge in [-0.3, -0.25) is 4.90 Å². The van der Waals surface area contributed by atoms with E-state index in [2.05, 4.69) is 16.3 Å². The lowest BCUT2D eigenvalue weighted by Crippen LogP contribution is -2.48. The summed E-state index contributed by atoms with van der Waals surface area (Å²) in [5.41, 5.74) is 1.65. The second kappa shape index (κ2) is 10.8. The molecule has 1 unspecified atom stereocenters. The molecule has 2 aromatic carbocycles. The van der Waals surface area contributed by atoms with E-state index in [9.17, 15) is 28.0 Å². The summed E-state index contributed by atoms with van der Waals surface area (Å²) in [5.74, 6) is -2.11. The van der Waals surface area contributed by atoms with Gasteiger partial charge < -0.3 is 10.1 Å². The molecule has 0 spiro atoms. The molecule has 0 bridgehead atoms. The first kappa shape index (κ1) is 26.6. The normalized spacial score (nSPS) is 28.8. The van der Waals surface area contributed by atoms with Crippen LogP contribution in [-0.2, 0) is 4.74 Å². The number of nitrogens with one attached hydrogen (secondary N) is 1. The maximum atomic E-state index is 14.1. The average molecular weight is 553 g/mol. The monoisotopic (exact) mass is 552 g/mol. The van der Waals surface area contributed by atoms with Crippen molar-refractivity contribution in [2.24, 2.45) is 5.92 Å². The largest absolute Gasteiger partial charge is 0.443 e. The summed E-state index contributed by atoms with van der Waals surface area (Å²) in [6.07, 6.45) is 4.76. The molecule has 10 heteroatoms. The summed E-state index contributed by atoms with van der Waals surface area (Å²) in [6, 6.07) is 8.79. The minimum atomic E-state index is -1.03. The summed E-state index contributed by atoms with van der Waals surface area (Å²) in [5, 5.41) is 12.4. The van der Waals surface area contributed by atoms with Gasteiger partial charge in [0.25, 0.3) is 0 Å². The quantitative estimate of drug-likeness (QED) is 0.510. The van der Waals surface area contributed by atoms with Crippen LogP contribution in [0.15, 0.2) is 36.4 Å². The Morgan fingerprint density at radius 2 is 1.75 bits per heavy atom. The van der Waals surface area contributed by atoms with Gasteiger partial charge in [-0.05, 0) is 92.2 Å². The molecular weight excluding hydrogens is 521 g/mol. The van der Waals surface area contributed by atoms with Gasteiger partial charge in [0.15, 0.2) is 11.6 Å². The van der Waals surface area contributed by atoms with Crippen molar-refractivity contribution in [2.75, 3.05) is 13.1 Å². The number of amides is 3. The van der Waals surface area contributed by atoms with Crippen molar-refractivity contribution in [3.8, 4) is 6.07 Å². The van der Waals surface area contributed by atoms with Gasteiger partial charge in [0.2, 0.25) is 0 Å². The Balaban J connectivity index is 1.08. The molecule has 2 aliphatic carbocycles. The van der Waals surface area contributed by atoms with Crippen LogP contribution < -0.4 is 5.32 Å². The maximum Gasteiger partial charge on any atom is 0.419 e. The van der Waals surface area contributed by atoms with E-state index in [1.165, 1.54) is 18.2 Å². The van der Waals surface area contributed by atoms with Crippen molar-refractivity contribution >= 4 is 12.1 Å². The van der Waals surface area contributed by atoms with Gasteiger partial charge in [-0.1, -0.05) is 12.1 Å². The highest BCUT2D eigenvalue weighted by Crippen LogP contribution is 2.46. The van der Waals surface area contributed by atoms with Gasteiger partial charge in [0, 0.05) is 25.2 Å². The van der Waals surface area contributed by atoms with Crippen LogP contribution in [0.5, 0.6) is 0 Å². The molecule has 40 heavy (non-hydrogen) atoms. The number of nitriles is 1. The molecule has 210 valence electrons. The van der Waals surface area contributed by atoms with Gasteiger partial charge in [-0.15, -0.1) is 0 Å². The smallest absolute Gasteiger partial charge is 0.419 e. The summed E-state index contributed by atoms with van der Waals surface area (Å²) < 4.78 is 46.8. The van der Waals surface area contributed by atoms with Crippen molar-refractivity contribution in [3.05, 3.63) is 70.5 Å². The average Bonchev–Trinajstić information content (AvgIpc) is 3.59. The maximum absolute atomic E-state index is 14.1. The fourth-order valence-corrected chi connectivity index (χ4v) is 6.74. The van der Waals surface area contributed by atoms with Gasteiger partial charge >= 0.3 is 12.1 Å². The minimum Gasteiger partial charge on any atom is -0.443 e. The molecule has 4 aliphatic rings. The number of likely N-dealkylation sites (tertiary alicyclic amines) is 1. The molecule has 7 nitrogen and oxygen atoms in total. The zero-order chi connectivity index (χ0) is 28.0. The van der Waals surface area contributed by atoms with Crippen LogP contribution in [-0.4, -0.2) is 53.2 Å². The zero-order valence-electron chi connectivity index (χ0n) is 22.0. The van der Waals surface area contributed by atoms with Crippen LogP contribution in [0.4, 0.5) is 22.8 Å². The summed E-state index contributed by atoms with van der Waals surface area (Å²) in [7, 11) is 0. The van der Waals surface area contributed by atoms with Crippen LogP contribution in [0.3, 0.4) is 0 Å². The van der Waals surface area contributed by atoms with Gasteiger partial charge in [-0.25, -0.2) is 27.7 Å². The zero-order valence-corrected chi connectivity index (χ0v) is 22.0.